The van der Waals surface area contributed by atoms with Gasteiger partial charge in [-0.25, -0.2) is 17.8 Å². The summed E-state index contributed by atoms with van der Waals surface area (Å²) in [6, 6.07) is 23.5. The van der Waals surface area contributed by atoms with Gasteiger partial charge in [0.15, 0.2) is 0 Å². The number of aromatic nitrogens is 1. The van der Waals surface area contributed by atoms with Gasteiger partial charge in [-0.2, -0.15) is 4.31 Å². The molecule has 0 atom stereocenters. The number of halogens is 1. The Kier molecular flexibility index (Phi) is 5.74. The summed E-state index contributed by atoms with van der Waals surface area (Å²) in [5.41, 5.74) is 1.78. The summed E-state index contributed by atoms with van der Waals surface area (Å²) < 4.78 is 46.9. The van der Waals surface area contributed by atoms with Crippen molar-refractivity contribution in [2.45, 2.75) is 18.0 Å². The summed E-state index contributed by atoms with van der Waals surface area (Å²) in [5, 5.41) is 0. The molecule has 0 aliphatic carbocycles. The smallest absolute Gasteiger partial charge is 0.243 e. The highest BCUT2D eigenvalue weighted by molar-refractivity contribution is 7.89. The number of hydrogen-bond acceptors (Lipinski definition) is 4. The van der Waals surface area contributed by atoms with Crippen LogP contribution < -0.4 is 0 Å². The first-order valence-corrected chi connectivity index (χ1v) is 10.8. The van der Waals surface area contributed by atoms with E-state index < -0.39 is 15.8 Å². The summed E-state index contributed by atoms with van der Waals surface area (Å²) in [7, 11) is -3.77. The SMILES string of the molecule is O=S(=O)(c1ccccc1)N(Cc1ccccc1)Cc1coc(-c2cccc(F)c2)n1. The third kappa shape index (κ3) is 4.48. The molecule has 0 N–H and O–H groups in total. The highest BCUT2D eigenvalue weighted by atomic mass is 32.2. The maximum Gasteiger partial charge on any atom is 0.243 e. The fourth-order valence-corrected chi connectivity index (χ4v) is 4.49. The summed E-state index contributed by atoms with van der Waals surface area (Å²) in [6.45, 7) is 0.200. The first kappa shape index (κ1) is 20.0. The first-order chi connectivity index (χ1) is 14.5. The normalized spacial score (nSPS) is 11.7. The van der Waals surface area contributed by atoms with E-state index in [1.54, 1.807) is 42.5 Å². The van der Waals surface area contributed by atoms with E-state index in [1.807, 2.05) is 30.3 Å². The van der Waals surface area contributed by atoms with E-state index in [0.717, 1.165) is 5.56 Å². The van der Waals surface area contributed by atoms with Crippen LogP contribution >= 0.6 is 0 Å². The lowest BCUT2D eigenvalue weighted by atomic mass is 10.2. The second-order valence-electron chi connectivity index (χ2n) is 6.73. The Labute approximate surface area is 174 Å². The van der Waals surface area contributed by atoms with Crippen molar-refractivity contribution in [1.29, 1.82) is 0 Å². The molecule has 4 rings (SSSR count). The van der Waals surface area contributed by atoms with Crippen molar-refractivity contribution in [1.82, 2.24) is 9.29 Å². The highest BCUT2D eigenvalue weighted by Gasteiger charge is 2.26. The van der Waals surface area contributed by atoms with Crippen molar-refractivity contribution >= 4 is 10.0 Å². The van der Waals surface area contributed by atoms with Gasteiger partial charge >= 0.3 is 0 Å². The predicted molar refractivity (Wildman–Crippen MR) is 111 cm³/mol. The number of rotatable bonds is 7. The van der Waals surface area contributed by atoms with Crippen molar-refractivity contribution < 1.29 is 17.2 Å². The predicted octanol–water partition coefficient (Wildman–Crippen LogP) is 4.87. The zero-order valence-electron chi connectivity index (χ0n) is 16.0. The molecule has 1 aromatic heterocycles. The minimum atomic E-state index is -3.77. The summed E-state index contributed by atoms with van der Waals surface area (Å²) >= 11 is 0. The van der Waals surface area contributed by atoms with Crippen LogP contribution in [0.3, 0.4) is 0 Å². The van der Waals surface area contributed by atoms with Crippen molar-refractivity contribution in [2.75, 3.05) is 0 Å². The van der Waals surface area contributed by atoms with Crippen molar-refractivity contribution in [2.24, 2.45) is 0 Å². The Morgan fingerprint density at radius 3 is 2.27 bits per heavy atom. The molecular weight excluding hydrogens is 403 g/mol. The maximum atomic E-state index is 13.5. The number of benzene rings is 3. The molecule has 5 nitrogen and oxygen atoms in total. The third-order valence-electron chi connectivity index (χ3n) is 4.54. The first-order valence-electron chi connectivity index (χ1n) is 9.32. The van der Waals surface area contributed by atoms with Crippen LogP contribution in [0.15, 0.2) is 101 Å². The molecule has 0 amide bonds. The van der Waals surface area contributed by atoms with Gasteiger partial charge in [-0.15, -0.1) is 0 Å². The average Bonchev–Trinajstić information content (AvgIpc) is 3.23. The van der Waals surface area contributed by atoms with E-state index >= 15 is 0 Å². The zero-order chi connectivity index (χ0) is 21.0. The van der Waals surface area contributed by atoms with Crippen LogP contribution in [0.1, 0.15) is 11.3 Å². The average molecular weight is 422 g/mol. The van der Waals surface area contributed by atoms with Crippen LogP contribution in [-0.4, -0.2) is 17.7 Å². The molecule has 0 aliphatic rings. The van der Waals surface area contributed by atoms with Gasteiger partial charge in [0.25, 0.3) is 0 Å². The molecule has 30 heavy (non-hydrogen) atoms. The molecule has 7 heteroatoms. The standard InChI is InChI=1S/C23H19FN2O3S/c24-20-11-7-10-19(14-20)23-25-21(17-29-23)16-26(15-18-8-3-1-4-9-18)30(27,28)22-12-5-2-6-13-22/h1-14,17H,15-16H2. The molecule has 3 aromatic carbocycles. The van der Waals surface area contributed by atoms with Gasteiger partial charge < -0.3 is 4.42 Å². The lowest BCUT2D eigenvalue weighted by Gasteiger charge is -2.21. The van der Waals surface area contributed by atoms with E-state index in [4.69, 9.17) is 4.42 Å². The van der Waals surface area contributed by atoms with Gasteiger partial charge in [0.2, 0.25) is 15.9 Å². The molecule has 0 fully saturated rings. The Bertz CT molecular complexity index is 1230. The minimum Gasteiger partial charge on any atom is -0.444 e. The van der Waals surface area contributed by atoms with Crippen molar-refractivity contribution in [3.05, 3.63) is 108 Å². The fraction of sp³-hybridized carbons (Fsp3) is 0.0870. The molecule has 1 heterocycles. The van der Waals surface area contributed by atoms with Gasteiger partial charge in [0.1, 0.15) is 12.1 Å². The van der Waals surface area contributed by atoms with Crippen LogP contribution in [-0.2, 0) is 23.1 Å². The van der Waals surface area contributed by atoms with Crippen LogP contribution in [0, 0.1) is 5.82 Å². The molecule has 0 bridgehead atoms. The Hall–Kier alpha value is -3.29. The monoisotopic (exact) mass is 422 g/mol. The van der Waals surface area contributed by atoms with Gasteiger partial charge in [-0.3, -0.25) is 0 Å². The zero-order valence-corrected chi connectivity index (χ0v) is 16.8. The van der Waals surface area contributed by atoms with Gasteiger partial charge in [0.05, 0.1) is 17.1 Å². The number of oxazole rings is 1. The van der Waals surface area contributed by atoms with Crippen LogP contribution in [0.4, 0.5) is 4.39 Å². The second-order valence-corrected chi connectivity index (χ2v) is 8.66. The Morgan fingerprint density at radius 1 is 0.867 bits per heavy atom. The lowest BCUT2D eigenvalue weighted by Crippen LogP contribution is -2.30. The third-order valence-corrected chi connectivity index (χ3v) is 6.35. The maximum absolute atomic E-state index is 13.5. The topological polar surface area (TPSA) is 63.4 Å². The van der Waals surface area contributed by atoms with Crippen LogP contribution in [0.25, 0.3) is 11.5 Å². The lowest BCUT2D eigenvalue weighted by molar-refractivity contribution is 0.396. The summed E-state index contributed by atoms with van der Waals surface area (Å²) in [4.78, 5) is 4.57. The molecule has 4 aromatic rings. The minimum absolute atomic E-state index is 0.0188. The van der Waals surface area contributed by atoms with Crippen LogP contribution in [0.5, 0.6) is 0 Å². The van der Waals surface area contributed by atoms with E-state index in [1.165, 1.54) is 22.7 Å². The molecule has 0 saturated heterocycles. The van der Waals surface area contributed by atoms with E-state index in [0.29, 0.717) is 11.3 Å². The Morgan fingerprint density at radius 2 is 1.57 bits per heavy atom. The van der Waals surface area contributed by atoms with E-state index in [9.17, 15) is 12.8 Å². The molecule has 0 saturated carbocycles. The highest BCUT2D eigenvalue weighted by Crippen LogP contribution is 2.24. The van der Waals surface area contributed by atoms with E-state index in [2.05, 4.69) is 4.98 Å². The van der Waals surface area contributed by atoms with Gasteiger partial charge in [-0.1, -0.05) is 54.6 Å². The number of hydrogen-bond donors (Lipinski definition) is 0. The van der Waals surface area contributed by atoms with E-state index in [-0.39, 0.29) is 23.9 Å². The largest absolute Gasteiger partial charge is 0.444 e. The van der Waals surface area contributed by atoms with Gasteiger partial charge in [0, 0.05) is 12.1 Å². The van der Waals surface area contributed by atoms with Crippen molar-refractivity contribution in [3.63, 3.8) is 0 Å². The summed E-state index contributed by atoms with van der Waals surface area (Å²) in [6.07, 6.45) is 1.40. The molecular formula is C23H19FN2O3S. The molecule has 0 aliphatic heterocycles. The molecule has 0 unspecified atom stereocenters. The van der Waals surface area contributed by atoms with Crippen molar-refractivity contribution in [3.8, 4) is 11.5 Å². The number of nitrogens with zero attached hydrogens (tertiary/aromatic N) is 2. The van der Waals surface area contributed by atoms with Gasteiger partial charge in [-0.05, 0) is 35.9 Å². The molecule has 0 radical (unpaired) electrons. The Balaban J connectivity index is 1.65. The summed E-state index contributed by atoms with van der Waals surface area (Å²) in [5.74, 6) is -0.161. The van der Waals surface area contributed by atoms with Crippen LogP contribution in [0.2, 0.25) is 0 Å². The fourth-order valence-electron chi connectivity index (χ4n) is 3.07. The molecule has 0 spiro atoms. The quantitative estimate of drug-likeness (QED) is 0.426. The number of sulfonamides is 1. The molecule has 152 valence electrons. The second kappa shape index (κ2) is 8.61.